The van der Waals surface area contributed by atoms with E-state index in [4.69, 9.17) is 12.2 Å². The molecule has 0 saturated carbocycles. The third-order valence-electron chi connectivity index (χ3n) is 2.70. The van der Waals surface area contributed by atoms with E-state index in [2.05, 4.69) is 20.4 Å². The lowest BCUT2D eigenvalue weighted by Gasteiger charge is -2.30. The van der Waals surface area contributed by atoms with Gasteiger partial charge in [-0.2, -0.15) is 5.10 Å². The molecule has 0 spiro atoms. The highest BCUT2D eigenvalue weighted by atomic mass is 32.1. The Labute approximate surface area is 107 Å². The van der Waals surface area contributed by atoms with Crippen molar-refractivity contribution in [2.75, 3.05) is 19.6 Å². The smallest absolute Gasteiger partial charge is 0.110 e. The minimum absolute atomic E-state index is 0.764. The summed E-state index contributed by atoms with van der Waals surface area (Å²) in [6, 6.07) is 5.76. The molecule has 1 fully saturated rings. The molecule has 4 nitrogen and oxygen atoms in total. The number of hydrazone groups is 1. The highest BCUT2D eigenvalue weighted by Gasteiger charge is 2.14. The molecule has 2 heterocycles. The molecule has 0 atom stereocenters. The van der Waals surface area contributed by atoms with Crippen LogP contribution in [-0.4, -0.2) is 40.2 Å². The number of hydrogen-bond acceptors (Lipinski definition) is 4. The number of likely N-dealkylation sites (tertiary alicyclic amines) is 1. The number of pyridine rings is 1. The van der Waals surface area contributed by atoms with Gasteiger partial charge in [-0.1, -0.05) is 18.3 Å². The molecule has 0 bridgehead atoms. The molecule has 1 N–H and O–H groups in total. The van der Waals surface area contributed by atoms with Gasteiger partial charge in [0.1, 0.15) is 4.99 Å². The Bertz CT molecular complexity index is 412. The van der Waals surface area contributed by atoms with Crippen LogP contribution in [0.2, 0.25) is 0 Å². The van der Waals surface area contributed by atoms with Crippen molar-refractivity contribution in [2.45, 2.75) is 13.3 Å². The fourth-order valence-corrected chi connectivity index (χ4v) is 1.79. The molecule has 1 aromatic heterocycles. The third kappa shape index (κ3) is 3.57. The van der Waals surface area contributed by atoms with Crippen molar-refractivity contribution < 1.29 is 0 Å². The number of thiocarbonyl (C=S) groups is 1. The molecule has 5 heteroatoms. The summed E-state index contributed by atoms with van der Waals surface area (Å²) in [6.45, 7) is 5.01. The van der Waals surface area contributed by atoms with Crippen LogP contribution in [-0.2, 0) is 0 Å². The maximum Gasteiger partial charge on any atom is 0.110 e. The van der Waals surface area contributed by atoms with Crippen molar-refractivity contribution >= 4 is 22.9 Å². The maximum absolute atomic E-state index is 5.22. The SMILES string of the molecule is C/C(=N\NC(=S)CN1CCC1)c1ccccn1. The van der Waals surface area contributed by atoms with Crippen molar-refractivity contribution in [1.82, 2.24) is 15.3 Å². The first-order chi connectivity index (χ1) is 8.25. The predicted octanol–water partition coefficient (Wildman–Crippen LogP) is 1.43. The lowest BCUT2D eigenvalue weighted by atomic mass is 10.2. The average Bonchev–Trinajstić information content (AvgIpc) is 2.32. The summed E-state index contributed by atoms with van der Waals surface area (Å²) >= 11 is 5.22. The first-order valence-corrected chi connectivity index (χ1v) is 6.13. The molecule has 1 aromatic rings. The van der Waals surface area contributed by atoms with Gasteiger partial charge in [-0.15, -0.1) is 0 Å². The Kier molecular flexibility index (Phi) is 4.17. The molecule has 1 aliphatic rings. The van der Waals surface area contributed by atoms with Gasteiger partial charge in [-0.25, -0.2) is 0 Å². The first kappa shape index (κ1) is 12.1. The van der Waals surface area contributed by atoms with E-state index in [9.17, 15) is 0 Å². The normalized spacial score (nSPS) is 16.4. The molecular weight excluding hydrogens is 232 g/mol. The van der Waals surface area contributed by atoms with Gasteiger partial charge >= 0.3 is 0 Å². The van der Waals surface area contributed by atoms with Crippen molar-refractivity contribution in [2.24, 2.45) is 5.10 Å². The predicted molar refractivity (Wildman–Crippen MR) is 73.2 cm³/mol. The van der Waals surface area contributed by atoms with E-state index in [0.29, 0.717) is 0 Å². The standard InChI is InChI=1S/C12H16N4S/c1-10(11-5-2-3-6-13-11)14-15-12(17)9-16-7-4-8-16/h2-3,5-6H,4,7-9H2,1H3,(H,15,17)/b14-10+. The second kappa shape index (κ2) is 5.84. The highest BCUT2D eigenvalue weighted by Crippen LogP contribution is 2.04. The molecule has 0 aliphatic carbocycles. The van der Waals surface area contributed by atoms with Gasteiger partial charge in [0.15, 0.2) is 0 Å². The second-order valence-electron chi connectivity index (χ2n) is 4.08. The van der Waals surface area contributed by atoms with Crippen LogP contribution in [0.4, 0.5) is 0 Å². The summed E-state index contributed by atoms with van der Waals surface area (Å²) in [5, 5.41) is 4.24. The number of rotatable bonds is 4. The molecule has 0 unspecified atom stereocenters. The summed E-state index contributed by atoms with van der Waals surface area (Å²) < 4.78 is 0. The number of aromatic nitrogens is 1. The molecule has 1 aliphatic heterocycles. The van der Waals surface area contributed by atoms with Crippen molar-refractivity contribution in [3.05, 3.63) is 30.1 Å². The van der Waals surface area contributed by atoms with Gasteiger partial charge in [-0.05, 0) is 38.6 Å². The Hall–Kier alpha value is -1.33. The van der Waals surface area contributed by atoms with E-state index in [0.717, 1.165) is 36.0 Å². The summed E-state index contributed by atoms with van der Waals surface area (Å²) in [4.78, 5) is 7.28. The third-order valence-corrected chi connectivity index (χ3v) is 2.92. The van der Waals surface area contributed by atoms with E-state index in [1.807, 2.05) is 25.1 Å². The molecule has 90 valence electrons. The molecule has 0 aromatic carbocycles. The lowest BCUT2D eigenvalue weighted by Crippen LogP contribution is -2.42. The number of nitrogens with zero attached hydrogens (tertiary/aromatic N) is 3. The summed E-state index contributed by atoms with van der Waals surface area (Å²) in [7, 11) is 0. The molecule has 0 radical (unpaired) electrons. The average molecular weight is 248 g/mol. The van der Waals surface area contributed by atoms with Gasteiger partial charge in [0.25, 0.3) is 0 Å². The molecule has 0 amide bonds. The van der Waals surface area contributed by atoms with Crippen LogP contribution in [0.25, 0.3) is 0 Å². The van der Waals surface area contributed by atoms with Crippen LogP contribution in [0.15, 0.2) is 29.5 Å². The van der Waals surface area contributed by atoms with Crippen molar-refractivity contribution in [3.8, 4) is 0 Å². The van der Waals surface area contributed by atoms with E-state index < -0.39 is 0 Å². The van der Waals surface area contributed by atoms with Gasteiger partial charge in [-0.3, -0.25) is 15.3 Å². The van der Waals surface area contributed by atoms with Gasteiger partial charge < -0.3 is 0 Å². The number of hydrogen-bond donors (Lipinski definition) is 1. The Morgan fingerprint density at radius 1 is 1.53 bits per heavy atom. The summed E-state index contributed by atoms with van der Waals surface area (Å²) in [5.41, 5.74) is 4.63. The van der Waals surface area contributed by atoms with Crippen LogP contribution < -0.4 is 5.43 Å². The molecule has 17 heavy (non-hydrogen) atoms. The zero-order valence-electron chi connectivity index (χ0n) is 9.89. The van der Waals surface area contributed by atoms with Gasteiger partial charge in [0.05, 0.1) is 18.0 Å². The van der Waals surface area contributed by atoms with Gasteiger partial charge in [0, 0.05) is 6.20 Å². The van der Waals surface area contributed by atoms with E-state index in [1.54, 1.807) is 6.20 Å². The zero-order chi connectivity index (χ0) is 12.1. The zero-order valence-corrected chi connectivity index (χ0v) is 10.7. The first-order valence-electron chi connectivity index (χ1n) is 5.72. The molecule has 2 rings (SSSR count). The lowest BCUT2D eigenvalue weighted by molar-refractivity contribution is 0.210. The quantitative estimate of drug-likeness (QED) is 0.497. The Morgan fingerprint density at radius 2 is 2.35 bits per heavy atom. The summed E-state index contributed by atoms with van der Waals surface area (Å²) in [5.74, 6) is 0. The minimum atomic E-state index is 0.764. The molecule has 1 saturated heterocycles. The van der Waals surface area contributed by atoms with Crippen molar-refractivity contribution in [3.63, 3.8) is 0 Å². The molecular formula is C12H16N4S. The monoisotopic (exact) mass is 248 g/mol. The largest absolute Gasteiger partial charge is 0.297 e. The van der Waals surface area contributed by atoms with E-state index in [-0.39, 0.29) is 0 Å². The number of nitrogens with one attached hydrogen (secondary N) is 1. The van der Waals surface area contributed by atoms with Crippen LogP contribution in [0.1, 0.15) is 19.0 Å². The van der Waals surface area contributed by atoms with Gasteiger partial charge in [0.2, 0.25) is 0 Å². The topological polar surface area (TPSA) is 40.5 Å². The fourth-order valence-electron chi connectivity index (χ4n) is 1.56. The second-order valence-corrected chi connectivity index (χ2v) is 4.57. The van der Waals surface area contributed by atoms with E-state index >= 15 is 0 Å². The van der Waals surface area contributed by atoms with Crippen molar-refractivity contribution in [1.29, 1.82) is 0 Å². The van der Waals surface area contributed by atoms with E-state index in [1.165, 1.54) is 6.42 Å². The Balaban J connectivity index is 1.84. The highest BCUT2D eigenvalue weighted by molar-refractivity contribution is 7.80. The Morgan fingerprint density at radius 3 is 2.94 bits per heavy atom. The van der Waals surface area contributed by atoms with Crippen LogP contribution in [0.3, 0.4) is 0 Å². The van der Waals surface area contributed by atoms with Crippen LogP contribution >= 0.6 is 12.2 Å². The maximum atomic E-state index is 5.22. The van der Waals surface area contributed by atoms with Crippen LogP contribution in [0, 0.1) is 0 Å². The fraction of sp³-hybridized carbons (Fsp3) is 0.417. The van der Waals surface area contributed by atoms with Crippen LogP contribution in [0.5, 0.6) is 0 Å². The summed E-state index contributed by atoms with van der Waals surface area (Å²) in [6.07, 6.45) is 3.03. The minimum Gasteiger partial charge on any atom is -0.297 e.